The molecule has 1 aromatic heterocycles. The summed E-state index contributed by atoms with van der Waals surface area (Å²) < 4.78 is 25.7. The van der Waals surface area contributed by atoms with Crippen molar-refractivity contribution in [1.29, 1.82) is 0 Å². The molecule has 2 N–H and O–H groups in total. The molecule has 6 heteroatoms. The van der Waals surface area contributed by atoms with Crippen molar-refractivity contribution in [3.8, 4) is 0 Å². The lowest BCUT2D eigenvalue weighted by molar-refractivity contribution is 0.173. The highest BCUT2D eigenvalue weighted by molar-refractivity contribution is 7.89. The van der Waals surface area contributed by atoms with Crippen LogP contribution < -0.4 is 0 Å². The summed E-state index contributed by atoms with van der Waals surface area (Å²) in [4.78, 5) is 3.30. The summed E-state index contributed by atoms with van der Waals surface area (Å²) in [5.74, 6) is 0.0546. The summed E-state index contributed by atoms with van der Waals surface area (Å²) in [7, 11) is -3.31. The minimum absolute atomic E-state index is 0.0546. The monoisotopic (exact) mass is 294 g/mol. The highest BCUT2D eigenvalue weighted by Gasteiger charge is 2.34. The average molecular weight is 294 g/mol. The molecule has 2 aromatic rings. The van der Waals surface area contributed by atoms with Crippen molar-refractivity contribution < 1.29 is 13.5 Å². The number of aromatic nitrogens is 1. The molecule has 0 amide bonds. The fourth-order valence-electron chi connectivity index (χ4n) is 2.89. The van der Waals surface area contributed by atoms with Crippen molar-refractivity contribution >= 4 is 20.9 Å². The van der Waals surface area contributed by atoms with Crippen molar-refractivity contribution in [2.75, 3.05) is 12.4 Å². The number of benzene rings is 1. The number of para-hydroxylation sites is 1. The molecule has 1 aromatic carbocycles. The van der Waals surface area contributed by atoms with E-state index in [2.05, 4.69) is 4.98 Å². The van der Waals surface area contributed by atoms with E-state index in [1.165, 1.54) is 4.31 Å². The molecular formula is C14H18N2O3S. The van der Waals surface area contributed by atoms with Crippen molar-refractivity contribution in [3.63, 3.8) is 0 Å². The Hall–Kier alpha value is -1.37. The molecule has 0 bridgehead atoms. The Balaban J connectivity index is 2.10. The third-order valence-corrected chi connectivity index (χ3v) is 5.87. The Morgan fingerprint density at radius 2 is 2.15 bits per heavy atom. The van der Waals surface area contributed by atoms with E-state index in [4.69, 9.17) is 0 Å². The number of hydrogen-bond acceptors (Lipinski definition) is 3. The normalized spacial score (nSPS) is 20.2. The standard InChI is InChI=1S/C14H18N2O3S/c1-2-20(18,19)16-8-14-12(7-10(16)9-17)11-5-3-4-6-13(11)15-14/h3-6,10,15,17H,2,7-9H2,1H3. The van der Waals surface area contributed by atoms with Crippen LogP contribution in [0.3, 0.4) is 0 Å². The fraction of sp³-hybridized carbons (Fsp3) is 0.429. The zero-order chi connectivity index (χ0) is 14.3. The summed E-state index contributed by atoms with van der Waals surface area (Å²) in [6.45, 7) is 1.79. The largest absolute Gasteiger partial charge is 0.395 e. The summed E-state index contributed by atoms with van der Waals surface area (Å²) in [6, 6.07) is 7.57. The van der Waals surface area contributed by atoms with Gasteiger partial charge < -0.3 is 10.1 Å². The van der Waals surface area contributed by atoms with Crippen LogP contribution in [0.15, 0.2) is 24.3 Å². The lowest BCUT2D eigenvalue weighted by Crippen LogP contribution is -2.46. The lowest BCUT2D eigenvalue weighted by atomic mass is 9.99. The highest BCUT2D eigenvalue weighted by atomic mass is 32.2. The molecule has 0 radical (unpaired) electrons. The first-order chi connectivity index (χ1) is 9.56. The second-order valence-corrected chi connectivity index (χ2v) is 7.32. The second kappa shape index (κ2) is 4.87. The summed E-state index contributed by atoms with van der Waals surface area (Å²) in [6.07, 6.45) is 0.551. The number of aromatic amines is 1. The number of nitrogens with zero attached hydrogens (tertiary/aromatic N) is 1. The molecule has 1 atom stereocenters. The van der Waals surface area contributed by atoms with Gasteiger partial charge in [-0.25, -0.2) is 8.42 Å². The van der Waals surface area contributed by atoms with Crippen LogP contribution in [0.2, 0.25) is 0 Å². The minimum Gasteiger partial charge on any atom is -0.395 e. The van der Waals surface area contributed by atoms with Gasteiger partial charge in [-0.2, -0.15) is 4.31 Å². The maximum absolute atomic E-state index is 12.1. The van der Waals surface area contributed by atoms with Crippen LogP contribution in [0.4, 0.5) is 0 Å². The van der Waals surface area contributed by atoms with Crippen LogP contribution in [0, 0.1) is 0 Å². The molecule has 0 fully saturated rings. The Morgan fingerprint density at radius 3 is 2.85 bits per heavy atom. The fourth-order valence-corrected chi connectivity index (χ4v) is 4.15. The van der Waals surface area contributed by atoms with Gasteiger partial charge in [0.2, 0.25) is 10.0 Å². The van der Waals surface area contributed by atoms with Gasteiger partial charge >= 0.3 is 0 Å². The summed E-state index contributed by atoms with van der Waals surface area (Å²) in [5.41, 5.74) is 3.08. The molecule has 1 unspecified atom stereocenters. The van der Waals surface area contributed by atoms with E-state index in [1.807, 2.05) is 24.3 Å². The Bertz CT molecular complexity index is 736. The van der Waals surface area contributed by atoms with E-state index in [9.17, 15) is 13.5 Å². The van der Waals surface area contributed by atoms with Crippen LogP contribution in [0.5, 0.6) is 0 Å². The number of aliphatic hydroxyl groups is 1. The third-order valence-electron chi connectivity index (χ3n) is 4.00. The molecule has 0 saturated carbocycles. The van der Waals surface area contributed by atoms with Crippen LogP contribution in [-0.4, -0.2) is 41.2 Å². The first-order valence-corrected chi connectivity index (χ1v) is 8.36. The zero-order valence-electron chi connectivity index (χ0n) is 11.3. The van der Waals surface area contributed by atoms with Gasteiger partial charge in [0.1, 0.15) is 0 Å². The predicted molar refractivity (Wildman–Crippen MR) is 77.9 cm³/mol. The molecular weight excluding hydrogens is 276 g/mol. The minimum atomic E-state index is -3.31. The smallest absolute Gasteiger partial charge is 0.214 e. The second-order valence-electron chi connectivity index (χ2n) is 5.11. The zero-order valence-corrected chi connectivity index (χ0v) is 12.2. The van der Waals surface area contributed by atoms with Gasteiger partial charge in [0, 0.05) is 16.6 Å². The summed E-state index contributed by atoms with van der Waals surface area (Å²) >= 11 is 0. The molecule has 0 saturated heterocycles. The topological polar surface area (TPSA) is 73.4 Å². The summed E-state index contributed by atoms with van der Waals surface area (Å²) in [5, 5.41) is 10.7. The maximum Gasteiger partial charge on any atom is 0.214 e. The van der Waals surface area contributed by atoms with Crippen molar-refractivity contribution in [2.24, 2.45) is 0 Å². The van der Waals surface area contributed by atoms with Gasteiger partial charge in [0.05, 0.1) is 24.9 Å². The van der Waals surface area contributed by atoms with Gasteiger partial charge in [-0.05, 0) is 25.0 Å². The molecule has 20 heavy (non-hydrogen) atoms. The Morgan fingerprint density at radius 1 is 1.40 bits per heavy atom. The van der Waals surface area contributed by atoms with Crippen LogP contribution >= 0.6 is 0 Å². The van der Waals surface area contributed by atoms with Gasteiger partial charge in [-0.15, -0.1) is 0 Å². The number of fused-ring (bicyclic) bond motifs is 3. The number of rotatable bonds is 3. The Labute approximate surface area is 118 Å². The van der Waals surface area contributed by atoms with Gasteiger partial charge in [-0.1, -0.05) is 18.2 Å². The van der Waals surface area contributed by atoms with Crippen molar-refractivity contribution in [1.82, 2.24) is 9.29 Å². The van der Waals surface area contributed by atoms with Gasteiger partial charge in [0.25, 0.3) is 0 Å². The van der Waals surface area contributed by atoms with Crippen molar-refractivity contribution in [3.05, 3.63) is 35.5 Å². The van der Waals surface area contributed by atoms with E-state index in [0.717, 1.165) is 22.2 Å². The van der Waals surface area contributed by atoms with E-state index >= 15 is 0 Å². The van der Waals surface area contributed by atoms with Crippen LogP contribution in [-0.2, 0) is 23.0 Å². The molecule has 5 nitrogen and oxygen atoms in total. The maximum atomic E-state index is 12.1. The first-order valence-electron chi connectivity index (χ1n) is 6.75. The molecule has 3 rings (SSSR count). The van der Waals surface area contributed by atoms with E-state index in [-0.39, 0.29) is 18.4 Å². The van der Waals surface area contributed by atoms with E-state index in [1.54, 1.807) is 6.92 Å². The molecule has 0 spiro atoms. The molecule has 0 aliphatic carbocycles. The number of nitrogens with one attached hydrogen (secondary N) is 1. The van der Waals surface area contributed by atoms with E-state index < -0.39 is 10.0 Å². The molecule has 1 aliphatic rings. The van der Waals surface area contributed by atoms with Gasteiger partial charge in [0.15, 0.2) is 0 Å². The quantitative estimate of drug-likeness (QED) is 0.894. The van der Waals surface area contributed by atoms with Crippen LogP contribution in [0.25, 0.3) is 10.9 Å². The SMILES string of the molecule is CCS(=O)(=O)N1Cc2[nH]c3ccccc3c2CC1CO. The Kier molecular flexibility index (Phi) is 3.32. The van der Waals surface area contributed by atoms with Gasteiger partial charge in [-0.3, -0.25) is 0 Å². The number of H-pyrrole nitrogens is 1. The van der Waals surface area contributed by atoms with Crippen LogP contribution in [0.1, 0.15) is 18.2 Å². The van der Waals surface area contributed by atoms with E-state index in [0.29, 0.717) is 13.0 Å². The highest BCUT2D eigenvalue weighted by Crippen LogP contribution is 2.31. The predicted octanol–water partition coefficient (Wildman–Crippen LogP) is 1.24. The third kappa shape index (κ3) is 2.04. The first kappa shape index (κ1) is 13.6. The van der Waals surface area contributed by atoms with Crippen molar-refractivity contribution in [2.45, 2.75) is 25.9 Å². The average Bonchev–Trinajstić information content (AvgIpc) is 2.83. The molecule has 1 aliphatic heterocycles. The molecule has 108 valence electrons. The number of aliphatic hydroxyl groups excluding tert-OH is 1. The lowest BCUT2D eigenvalue weighted by Gasteiger charge is -2.33. The molecule has 2 heterocycles. The number of hydrogen-bond donors (Lipinski definition) is 2. The number of sulfonamides is 1.